The fourth-order valence-corrected chi connectivity index (χ4v) is 2.47. The van der Waals surface area contributed by atoms with Crippen molar-refractivity contribution < 1.29 is 4.79 Å². The zero-order chi connectivity index (χ0) is 14.4. The van der Waals surface area contributed by atoms with Gasteiger partial charge in [0, 0.05) is 20.6 Å². The predicted molar refractivity (Wildman–Crippen MR) is 91.6 cm³/mol. The third-order valence-corrected chi connectivity index (χ3v) is 4.39. The van der Waals surface area contributed by atoms with Crippen LogP contribution in [0, 0.1) is 3.57 Å². The zero-order valence-electron chi connectivity index (χ0n) is 11.5. The summed E-state index contributed by atoms with van der Waals surface area (Å²) in [6.07, 6.45) is 0.960. The van der Waals surface area contributed by atoms with Crippen LogP contribution < -0.4 is 5.32 Å². The Morgan fingerprint density at radius 1 is 1.47 bits per heavy atom. The smallest absolute Gasteiger partial charge is 0.252 e. The molecule has 0 fully saturated rings. The minimum Gasteiger partial charge on any atom is -0.352 e. The van der Waals surface area contributed by atoms with Crippen molar-refractivity contribution in [1.82, 2.24) is 10.2 Å². The number of hydrogen-bond acceptors (Lipinski definition) is 2. The van der Waals surface area contributed by atoms with Crippen molar-refractivity contribution in [2.75, 3.05) is 20.1 Å². The molecule has 0 spiro atoms. The molecule has 106 valence electrons. The van der Waals surface area contributed by atoms with Crippen LogP contribution in [0.3, 0.4) is 0 Å². The lowest BCUT2D eigenvalue weighted by atomic mass is 10.2. The molecule has 0 radical (unpaired) electrons. The Bertz CT molecular complexity index is 437. The number of nitrogens with one attached hydrogen (secondary N) is 1. The first kappa shape index (κ1) is 16.9. The number of rotatable bonds is 6. The summed E-state index contributed by atoms with van der Waals surface area (Å²) in [4.78, 5) is 14.3. The van der Waals surface area contributed by atoms with Gasteiger partial charge in [0.05, 0.1) is 5.56 Å². The lowest BCUT2D eigenvalue weighted by Gasteiger charge is -2.20. The van der Waals surface area contributed by atoms with E-state index in [0.717, 1.165) is 21.0 Å². The van der Waals surface area contributed by atoms with Crippen molar-refractivity contribution in [3.05, 3.63) is 31.8 Å². The lowest BCUT2D eigenvalue weighted by molar-refractivity contribution is 0.0951. The molecular weight excluding hydrogens is 419 g/mol. The van der Waals surface area contributed by atoms with Crippen molar-refractivity contribution >= 4 is 44.4 Å². The summed E-state index contributed by atoms with van der Waals surface area (Å²) >= 11 is 5.62. The third-order valence-electron chi connectivity index (χ3n) is 3.03. The second-order valence-corrected chi connectivity index (χ2v) is 6.91. The minimum absolute atomic E-state index is 0.0161. The van der Waals surface area contributed by atoms with E-state index in [1.807, 2.05) is 18.2 Å². The van der Waals surface area contributed by atoms with Gasteiger partial charge >= 0.3 is 0 Å². The van der Waals surface area contributed by atoms with Crippen molar-refractivity contribution in [1.29, 1.82) is 0 Å². The quantitative estimate of drug-likeness (QED) is 0.544. The van der Waals surface area contributed by atoms with E-state index in [2.05, 4.69) is 69.6 Å². The number of nitrogens with zero attached hydrogens (tertiary/aromatic N) is 1. The fraction of sp³-hybridized carbons (Fsp3) is 0.500. The van der Waals surface area contributed by atoms with E-state index in [4.69, 9.17) is 0 Å². The molecule has 1 rings (SSSR count). The van der Waals surface area contributed by atoms with Gasteiger partial charge in [0.1, 0.15) is 0 Å². The van der Waals surface area contributed by atoms with Crippen LogP contribution in [0.5, 0.6) is 0 Å². The maximum Gasteiger partial charge on any atom is 0.252 e. The monoisotopic (exact) mass is 438 g/mol. The van der Waals surface area contributed by atoms with Crippen LogP contribution >= 0.6 is 38.5 Å². The van der Waals surface area contributed by atoms with Gasteiger partial charge in [-0.2, -0.15) is 0 Å². The Balaban J connectivity index is 2.41. The van der Waals surface area contributed by atoms with Crippen molar-refractivity contribution in [2.45, 2.75) is 26.3 Å². The molecule has 3 nitrogen and oxygen atoms in total. The van der Waals surface area contributed by atoms with Gasteiger partial charge in [0.2, 0.25) is 0 Å². The highest BCUT2D eigenvalue weighted by Gasteiger charge is 2.10. The van der Waals surface area contributed by atoms with Gasteiger partial charge in [0.25, 0.3) is 5.91 Å². The number of benzene rings is 1. The predicted octanol–water partition coefficient (Wildman–Crippen LogP) is 3.51. The van der Waals surface area contributed by atoms with Gasteiger partial charge in [0.15, 0.2) is 0 Å². The normalized spacial score (nSPS) is 11.1. The van der Waals surface area contributed by atoms with Gasteiger partial charge < -0.3 is 10.2 Å². The number of halogens is 2. The standard InChI is InChI=1S/C14H20BrIN2O/c1-10(2)18(3)8-4-7-17-14(19)12-9-11(16)5-6-13(12)15/h5-6,9-10H,4,7-8H2,1-3H3,(H,17,19). The molecule has 1 aromatic rings. The molecule has 5 heteroatoms. The molecule has 0 aliphatic rings. The van der Waals surface area contributed by atoms with Crippen LogP contribution in [-0.2, 0) is 0 Å². The molecule has 0 saturated heterocycles. The van der Waals surface area contributed by atoms with Gasteiger partial charge in [-0.25, -0.2) is 0 Å². The molecule has 0 unspecified atom stereocenters. The summed E-state index contributed by atoms with van der Waals surface area (Å²) in [5.74, 6) is -0.0161. The van der Waals surface area contributed by atoms with Crippen molar-refractivity contribution in [2.24, 2.45) is 0 Å². The van der Waals surface area contributed by atoms with E-state index in [9.17, 15) is 4.79 Å². The van der Waals surface area contributed by atoms with E-state index in [-0.39, 0.29) is 5.91 Å². The molecule has 0 atom stereocenters. The average molecular weight is 439 g/mol. The largest absolute Gasteiger partial charge is 0.352 e. The molecule has 0 heterocycles. The Hall–Kier alpha value is -0.140. The molecule has 1 N–H and O–H groups in total. The Kier molecular flexibility index (Phi) is 7.31. The highest BCUT2D eigenvalue weighted by atomic mass is 127. The molecule has 0 aliphatic heterocycles. The molecule has 0 aliphatic carbocycles. The van der Waals surface area contributed by atoms with Gasteiger partial charge in [-0.05, 0) is 90.6 Å². The van der Waals surface area contributed by atoms with Crippen LogP contribution in [0.2, 0.25) is 0 Å². The second-order valence-electron chi connectivity index (χ2n) is 4.81. The Morgan fingerprint density at radius 3 is 2.79 bits per heavy atom. The van der Waals surface area contributed by atoms with Crippen LogP contribution in [0.25, 0.3) is 0 Å². The van der Waals surface area contributed by atoms with Crippen LogP contribution in [-0.4, -0.2) is 37.0 Å². The SMILES string of the molecule is CC(C)N(C)CCCNC(=O)c1cc(I)ccc1Br. The van der Waals surface area contributed by atoms with E-state index >= 15 is 0 Å². The molecule has 0 bridgehead atoms. The maximum absolute atomic E-state index is 12.0. The summed E-state index contributed by atoms with van der Waals surface area (Å²) in [6.45, 7) is 6.03. The topological polar surface area (TPSA) is 32.3 Å². The zero-order valence-corrected chi connectivity index (χ0v) is 15.3. The lowest BCUT2D eigenvalue weighted by Crippen LogP contribution is -2.31. The first-order chi connectivity index (χ1) is 8.91. The van der Waals surface area contributed by atoms with Crippen molar-refractivity contribution in [3.8, 4) is 0 Å². The minimum atomic E-state index is -0.0161. The van der Waals surface area contributed by atoms with E-state index < -0.39 is 0 Å². The van der Waals surface area contributed by atoms with E-state index in [1.54, 1.807) is 0 Å². The summed E-state index contributed by atoms with van der Waals surface area (Å²) < 4.78 is 1.90. The molecular formula is C14H20BrIN2O. The van der Waals surface area contributed by atoms with Gasteiger partial charge in [-0.15, -0.1) is 0 Å². The first-order valence-corrected chi connectivity index (χ1v) is 8.22. The summed E-state index contributed by atoms with van der Waals surface area (Å²) in [5.41, 5.74) is 0.698. The van der Waals surface area contributed by atoms with E-state index in [0.29, 0.717) is 18.2 Å². The highest BCUT2D eigenvalue weighted by molar-refractivity contribution is 14.1. The van der Waals surface area contributed by atoms with Crippen LogP contribution in [0.1, 0.15) is 30.6 Å². The fourth-order valence-electron chi connectivity index (χ4n) is 1.56. The van der Waals surface area contributed by atoms with Crippen LogP contribution in [0.15, 0.2) is 22.7 Å². The summed E-state index contributed by atoms with van der Waals surface area (Å²) in [7, 11) is 2.10. The van der Waals surface area contributed by atoms with E-state index in [1.165, 1.54) is 0 Å². The molecule has 0 aromatic heterocycles. The summed E-state index contributed by atoms with van der Waals surface area (Å²) in [5, 5.41) is 2.96. The number of amides is 1. The second kappa shape index (κ2) is 8.21. The Morgan fingerprint density at radius 2 is 2.16 bits per heavy atom. The first-order valence-electron chi connectivity index (χ1n) is 6.35. The van der Waals surface area contributed by atoms with Gasteiger partial charge in [-0.3, -0.25) is 4.79 Å². The maximum atomic E-state index is 12.0. The van der Waals surface area contributed by atoms with Crippen molar-refractivity contribution in [3.63, 3.8) is 0 Å². The molecule has 19 heavy (non-hydrogen) atoms. The highest BCUT2D eigenvalue weighted by Crippen LogP contribution is 2.19. The molecule has 0 saturated carbocycles. The number of hydrogen-bond donors (Lipinski definition) is 1. The molecule has 1 aromatic carbocycles. The average Bonchev–Trinajstić information content (AvgIpc) is 2.36. The van der Waals surface area contributed by atoms with Gasteiger partial charge in [-0.1, -0.05) is 0 Å². The molecule has 1 amide bonds. The Labute approximate surface area is 137 Å². The number of carbonyl (C=O) groups is 1. The third kappa shape index (κ3) is 5.79. The summed E-state index contributed by atoms with van der Waals surface area (Å²) in [6, 6.07) is 6.31. The number of carbonyl (C=O) groups excluding carboxylic acids is 1. The van der Waals surface area contributed by atoms with Crippen LogP contribution in [0.4, 0.5) is 0 Å².